The minimum Gasteiger partial charge on any atom is -0.479 e. The van der Waals surface area contributed by atoms with Gasteiger partial charge in [0.2, 0.25) is 0 Å². The molecule has 1 aromatic carbocycles. The van der Waals surface area contributed by atoms with Gasteiger partial charge in [0, 0.05) is 37.3 Å². The van der Waals surface area contributed by atoms with Crippen LogP contribution in [-0.2, 0) is 11.3 Å². The number of nitrogens with zero attached hydrogens (tertiary/aromatic N) is 1. The summed E-state index contributed by atoms with van der Waals surface area (Å²) >= 11 is 12.3. The highest BCUT2D eigenvalue weighted by atomic mass is 35.5. The minimum atomic E-state index is -0.599. The number of carbonyl (C=O) groups is 1. The Kier molecular flexibility index (Phi) is 5.36. The molecular weight excluding hydrogens is 311 g/mol. The van der Waals surface area contributed by atoms with Crippen molar-refractivity contribution in [3.8, 4) is 5.75 Å². The molecule has 1 N–H and O–H groups in total. The van der Waals surface area contributed by atoms with E-state index >= 15 is 0 Å². The summed E-state index contributed by atoms with van der Waals surface area (Å²) in [5.41, 5.74) is 0.873. The van der Waals surface area contributed by atoms with Crippen molar-refractivity contribution >= 4 is 29.1 Å². The van der Waals surface area contributed by atoms with Crippen molar-refractivity contribution in [2.75, 3.05) is 14.1 Å². The van der Waals surface area contributed by atoms with Crippen LogP contribution in [0, 0.1) is 0 Å². The Bertz CT molecular complexity index is 531. The van der Waals surface area contributed by atoms with E-state index in [1.54, 1.807) is 27.1 Å². The molecule has 0 heterocycles. The summed E-state index contributed by atoms with van der Waals surface area (Å²) in [6.45, 7) is 2.34. The van der Waals surface area contributed by atoms with Crippen LogP contribution < -0.4 is 10.1 Å². The van der Waals surface area contributed by atoms with Gasteiger partial charge < -0.3 is 15.0 Å². The van der Waals surface area contributed by atoms with Crippen LogP contribution in [0.4, 0.5) is 0 Å². The average Bonchev–Trinajstić information content (AvgIpc) is 3.22. The highest BCUT2D eigenvalue weighted by molar-refractivity contribution is 6.35. The monoisotopic (exact) mass is 330 g/mol. The lowest BCUT2D eigenvalue weighted by atomic mass is 10.2. The van der Waals surface area contributed by atoms with Gasteiger partial charge in [-0.05, 0) is 31.9 Å². The second-order valence-electron chi connectivity index (χ2n) is 5.52. The summed E-state index contributed by atoms with van der Waals surface area (Å²) in [4.78, 5) is 13.4. The van der Waals surface area contributed by atoms with E-state index in [4.69, 9.17) is 27.9 Å². The molecule has 0 spiro atoms. The molecule has 0 aromatic heterocycles. The summed E-state index contributed by atoms with van der Waals surface area (Å²) in [6, 6.07) is 4.02. The molecule has 1 aliphatic carbocycles. The van der Waals surface area contributed by atoms with Crippen molar-refractivity contribution < 1.29 is 9.53 Å². The number of rotatable bonds is 6. The van der Waals surface area contributed by atoms with Crippen molar-refractivity contribution in [1.82, 2.24) is 10.2 Å². The number of hydrogen-bond acceptors (Lipinski definition) is 3. The molecule has 1 aliphatic rings. The van der Waals surface area contributed by atoms with Crippen molar-refractivity contribution in [2.45, 2.75) is 38.5 Å². The first kappa shape index (κ1) is 16.4. The van der Waals surface area contributed by atoms with Gasteiger partial charge in [0.15, 0.2) is 6.10 Å². The Balaban J connectivity index is 2.17. The predicted octanol–water partition coefficient (Wildman–Crippen LogP) is 3.10. The second-order valence-corrected chi connectivity index (χ2v) is 6.37. The zero-order valence-electron chi connectivity index (χ0n) is 12.5. The van der Waals surface area contributed by atoms with Gasteiger partial charge in [-0.2, -0.15) is 0 Å². The maximum Gasteiger partial charge on any atom is 0.262 e. The molecule has 0 saturated heterocycles. The highest BCUT2D eigenvalue weighted by Crippen LogP contribution is 2.34. The van der Waals surface area contributed by atoms with Crippen LogP contribution >= 0.6 is 23.2 Å². The summed E-state index contributed by atoms with van der Waals surface area (Å²) in [7, 11) is 3.39. The number of benzene rings is 1. The molecule has 1 amide bonds. The quantitative estimate of drug-likeness (QED) is 0.871. The van der Waals surface area contributed by atoms with E-state index in [-0.39, 0.29) is 5.91 Å². The third-order valence-corrected chi connectivity index (χ3v) is 3.83. The molecule has 0 radical (unpaired) electrons. The number of ether oxygens (including phenoxy) is 1. The van der Waals surface area contributed by atoms with Gasteiger partial charge in [-0.25, -0.2) is 0 Å². The van der Waals surface area contributed by atoms with E-state index in [9.17, 15) is 4.79 Å². The van der Waals surface area contributed by atoms with Crippen molar-refractivity contribution in [3.63, 3.8) is 0 Å². The minimum absolute atomic E-state index is 0.109. The number of halogens is 2. The number of likely N-dealkylation sites (N-methyl/N-ethyl adjacent to an activating group) is 1. The number of carbonyl (C=O) groups excluding carboxylic acids is 1. The molecule has 4 nitrogen and oxygen atoms in total. The molecular formula is C15H20Cl2N2O2. The molecule has 116 valence electrons. The lowest BCUT2D eigenvalue weighted by Crippen LogP contribution is -2.35. The molecule has 0 bridgehead atoms. The summed E-state index contributed by atoms with van der Waals surface area (Å²) < 4.78 is 5.79. The highest BCUT2D eigenvalue weighted by Gasteiger charge is 2.23. The van der Waals surface area contributed by atoms with Gasteiger partial charge in [0.05, 0.1) is 5.02 Å². The first-order valence-electron chi connectivity index (χ1n) is 6.97. The van der Waals surface area contributed by atoms with Crippen LogP contribution in [0.3, 0.4) is 0 Å². The largest absolute Gasteiger partial charge is 0.479 e. The summed E-state index contributed by atoms with van der Waals surface area (Å²) in [5, 5.41) is 4.39. The van der Waals surface area contributed by atoms with E-state index in [2.05, 4.69) is 5.32 Å². The van der Waals surface area contributed by atoms with E-state index in [1.807, 2.05) is 6.07 Å². The second kappa shape index (κ2) is 6.86. The lowest BCUT2D eigenvalue weighted by Gasteiger charge is -2.21. The Morgan fingerprint density at radius 1 is 1.43 bits per heavy atom. The predicted molar refractivity (Wildman–Crippen MR) is 85.1 cm³/mol. The first-order valence-corrected chi connectivity index (χ1v) is 7.73. The van der Waals surface area contributed by atoms with Crippen molar-refractivity contribution in [3.05, 3.63) is 27.7 Å². The van der Waals surface area contributed by atoms with Gasteiger partial charge in [-0.15, -0.1) is 0 Å². The first-order chi connectivity index (χ1) is 9.88. The number of amides is 1. The van der Waals surface area contributed by atoms with Crippen LogP contribution in [0.25, 0.3) is 0 Å². The van der Waals surface area contributed by atoms with Crippen molar-refractivity contribution in [2.24, 2.45) is 0 Å². The molecule has 2 rings (SSSR count). The topological polar surface area (TPSA) is 41.6 Å². The Morgan fingerprint density at radius 3 is 2.67 bits per heavy atom. The van der Waals surface area contributed by atoms with Crippen LogP contribution in [0.5, 0.6) is 5.75 Å². The molecule has 0 aliphatic heterocycles. The standard InChI is InChI=1S/C15H20Cl2N2O2/c1-9(15(20)19(2)3)21-14-10(8-18-12-4-5-12)6-11(16)7-13(14)17/h6-7,9,12,18H,4-5,8H2,1-3H3. The third-order valence-electron chi connectivity index (χ3n) is 3.33. The fraction of sp³-hybridized carbons (Fsp3) is 0.533. The number of hydrogen-bond donors (Lipinski definition) is 1. The maximum atomic E-state index is 11.9. The number of nitrogens with one attached hydrogen (secondary N) is 1. The van der Waals surface area contributed by atoms with Gasteiger partial charge >= 0.3 is 0 Å². The zero-order valence-corrected chi connectivity index (χ0v) is 14.0. The van der Waals surface area contributed by atoms with Crippen LogP contribution in [-0.4, -0.2) is 37.0 Å². The van der Waals surface area contributed by atoms with Crippen LogP contribution in [0.1, 0.15) is 25.3 Å². The molecule has 1 atom stereocenters. The van der Waals surface area contributed by atoms with Gasteiger partial charge in [0.1, 0.15) is 5.75 Å². The molecule has 6 heteroatoms. The normalized spacial score (nSPS) is 15.7. The fourth-order valence-electron chi connectivity index (χ4n) is 2.01. The van der Waals surface area contributed by atoms with E-state index in [1.165, 1.54) is 17.7 Å². The van der Waals surface area contributed by atoms with Crippen molar-refractivity contribution in [1.29, 1.82) is 0 Å². The smallest absolute Gasteiger partial charge is 0.262 e. The Hall–Kier alpha value is -0.970. The Morgan fingerprint density at radius 2 is 2.10 bits per heavy atom. The third kappa shape index (κ3) is 4.50. The average molecular weight is 331 g/mol. The van der Waals surface area contributed by atoms with Gasteiger partial charge in [-0.3, -0.25) is 4.79 Å². The molecule has 1 saturated carbocycles. The Labute approximate surface area is 135 Å². The summed E-state index contributed by atoms with van der Waals surface area (Å²) in [5.74, 6) is 0.416. The molecule has 1 fully saturated rings. The van der Waals surface area contributed by atoms with E-state index < -0.39 is 6.10 Å². The van der Waals surface area contributed by atoms with E-state index in [0.717, 1.165) is 5.56 Å². The molecule has 21 heavy (non-hydrogen) atoms. The van der Waals surface area contributed by atoms with Gasteiger partial charge in [0.25, 0.3) is 5.91 Å². The van der Waals surface area contributed by atoms with Crippen LogP contribution in [0.2, 0.25) is 10.0 Å². The lowest BCUT2D eigenvalue weighted by molar-refractivity contribution is -0.135. The zero-order chi connectivity index (χ0) is 15.6. The van der Waals surface area contributed by atoms with Crippen LogP contribution in [0.15, 0.2) is 12.1 Å². The maximum absolute atomic E-state index is 11.9. The summed E-state index contributed by atoms with van der Waals surface area (Å²) in [6.07, 6.45) is 1.79. The molecule has 1 aromatic rings. The molecule has 1 unspecified atom stereocenters. The SMILES string of the molecule is CC(Oc1c(Cl)cc(Cl)cc1CNC1CC1)C(=O)N(C)C. The fourth-order valence-corrected chi connectivity index (χ4v) is 2.59. The van der Waals surface area contributed by atoms with Gasteiger partial charge in [-0.1, -0.05) is 23.2 Å². The van der Waals surface area contributed by atoms with E-state index in [0.29, 0.717) is 28.4 Å².